The molecule has 3 heterocycles. The molecular weight excluding hydrogens is 447 g/mol. The fourth-order valence-electron chi connectivity index (χ4n) is 4.82. The number of ether oxygens (including phenoxy) is 1. The van der Waals surface area contributed by atoms with Crippen molar-refractivity contribution in [3.63, 3.8) is 0 Å². The number of aliphatic carboxylic acids is 1. The molecule has 0 radical (unpaired) electrons. The molecule has 1 saturated heterocycles. The maximum absolute atomic E-state index is 15.4. The van der Waals surface area contributed by atoms with Crippen molar-refractivity contribution in [1.82, 2.24) is 20.1 Å². The summed E-state index contributed by atoms with van der Waals surface area (Å²) < 4.78 is 20.7. The molecule has 0 aliphatic carbocycles. The zero-order valence-electron chi connectivity index (χ0n) is 19.7. The number of methoxy groups -OCH3 is 1. The summed E-state index contributed by atoms with van der Waals surface area (Å²) in [6, 6.07) is 8.99. The van der Waals surface area contributed by atoms with E-state index in [1.165, 1.54) is 0 Å². The molecule has 1 fully saturated rings. The first-order valence-electron chi connectivity index (χ1n) is 11.8. The summed E-state index contributed by atoms with van der Waals surface area (Å²) in [6.45, 7) is 2.02. The third-order valence-electron chi connectivity index (χ3n) is 6.64. The topological polar surface area (TPSA) is 88.4 Å². The quantitative estimate of drug-likeness (QED) is 0.485. The van der Waals surface area contributed by atoms with Crippen LogP contribution in [0.2, 0.25) is 0 Å². The van der Waals surface area contributed by atoms with Crippen LogP contribution in [0.1, 0.15) is 43.0 Å². The van der Waals surface area contributed by atoms with Gasteiger partial charge in [-0.05, 0) is 73.5 Å². The normalized spacial score (nSPS) is 19.0. The fraction of sp³-hybridized carbons (Fsp3) is 0.407. The predicted octanol–water partition coefficient (Wildman–Crippen LogP) is 4.29. The number of piperidine rings is 1. The van der Waals surface area contributed by atoms with E-state index in [9.17, 15) is 9.90 Å². The van der Waals surface area contributed by atoms with Crippen molar-refractivity contribution in [2.24, 2.45) is 11.8 Å². The lowest BCUT2D eigenvalue weighted by Gasteiger charge is -2.37. The number of carboxylic acid groups (broad SMARTS) is 1. The van der Waals surface area contributed by atoms with Crippen LogP contribution in [0.3, 0.4) is 0 Å². The molecule has 0 amide bonds. The van der Waals surface area contributed by atoms with Crippen LogP contribution in [-0.4, -0.2) is 57.9 Å². The average Bonchev–Trinajstić information content (AvgIpc) is 2.87. The highest BCUT2D eigenvalue weighted by molar-refractivity contribution is 5.83. The molecular formula is C27H29FN4O3. The maximum Gasteiger partial charge on any atom is 0.303 e. The molecule has 1 N–H and O–H groups in total. The van der Waals surface area contributed by atoms with Crippen LogP contribution < -0.4 is 4.74 Å². The van der Waals surface area contributed by atoms with E-state index in [1.54, 1.807) is 37.8 Å². The molecule has 4 rings (SSSR count). The number of benzene rings is 1. The first-order valence-corrected chi connectivity index (χ1v) is 11.8. The van der Waals surface area contributed by atoms with Gasteiger partial charge in [0.15, 0.2) is 0 Å². The van der Waals surface area contributed by atoms with Crippen molar-refractivity contribution in [3.05, 3.63) is 60.0 Å². The van der Waals surface area contributed by atoms with E-state index in [0.29, 0.717) is 37.2 Å². The summed E-state index contributed by atoms with van der Waals surface area (Å²) in [6.07, 6.45) is 5.57. The molecule has 3 atom stereocenters. The highest BCUT2D eigenvalue weighted by atomic mass is 19.1. The summed E-state index contributed by atoms with van der Waals surface area (Å²) in [4.78, 5) is 18.1. The van der Waals surface area contributed by atoms with Crippen LogP contribution in [-0.2, 0) is 4.79 Å². The van der Waals surface area contributed by atoms with Crippen molar-refractivity contribution in [2.45, 2.75) is 31.9 Å². The van der Waals surface area contributed by atoms with Crippen LogP contribution in [0.4, 0.5) is 4.39 Å². The Labute approximate surface area is 204 Å². The van der Waals surface area contributed by atoms with Gasteiger partial charge in [0.2, 0.25) is 0 Å². The SMILES string of the molecule is COc1ccc2nccc([C@H](F)CC[C@@H]3CCN(CC#Cc4ccnnc4)C[C@@H]3CC(=O)O)c2c1. The van der Waals surface area contributed by atoms with Crippen LogP contribution in [0.5, 0.6) is 5.75 Å². The first kappa shape index (κ1) is 24.6. The molecule has 0 spiro atoms. The zero-order chi connectivity index (χ0) is 24.6. The van der Waals surface area contributed by atoms with Gasteiger partial charge in [-0.2, -0.15) is 10.2 Å². The van der Waals surface area contributed by atoms with Crippen LogP contribution in [0.25, 0.3) is 10.9 Å². The molecule has 2 aromatic heterocycles. The molecule has 7 nitrogen and oxygen atoms in total. The van der Waals surface area contributed by atoms with Crippen molar-refractivity contribution >= 4 is 16.9 Å². The van der Waals surface area contributed by atoms with Crippen molar-refractivity contribution < 1.29 is 19.0 Å². The van der Waals surface area contributed by atoms with Crippen LogP contribution in [0, 0.1) is 23.7 Å². The Bertz CT molecular complexity index is 1210. The number of aromatic nitrogens is 3. The Morgan fingerprint density at radius 2 is 2.14 bits per heavy atom. The van der Waals surface area contributed by atoms with Crippen molar-refractivity contribution in [1.29, 1.82) is 0 Å². The molecule has 0 bridgehead atoms. The first-order chi connectivity index (χ1) is 17.0. The lowest BCUT2D eigenvalue weighted by Crippen LogP contribution is -2.41. The van der Waals surface area contributed by atoms with Gasteiger partial charge in [-0.3, -0.25) is 14.7 Å². The Kier molecular flexibility index (Phi) is 8.22. The van der Waals surface area contributed by atoms with E-state index in [1.807, 2.05) is 18.2 Å². The van der Waals surface area contributed by atoms with Crippen LogP contribution >= 0.6 is 0 Å². The number of fused-ring (bicyclic) bond motifs is 1. The number of pyridine rings is 1. The van der Waals surface area contributed by atoms with Gasteiger partial charge in [-0.1, -0.05) is 11.8 Å². The minimum atomic E-state index is -1.16. The number of carboxylic acids is 1. The number of rotatable bonds is 8. The van der Waals surface area contributed by atoms with Gasteiger partial charge < -0.3 is 9.84 Å². The molecule has 1 aliphatic heterocycles. The van der Waals surface area contributed by atoms with E-state index in [4.69, 9.17) is 4.74 Å². The highest BCUT2D eigenvalue weighted by Crippen LogP contribution is 2.36. The van der Waals surface area contributed by atoms with Crippen molar-refractivity contribution in [3.8, 4) is 17.6 Å². The summed E-state index contributed by atoms with van der Waals surface area (Å²) >= 11 is 0. The zero-order valence-corrected chi connectivity index (χ0v) is 19.7. The molecule has 182 valence electrons. The van der Waals surface area contributed by atoms with Gasteiger partial charge in [0, 0.05) is 30.1 Å². The van der Waals surface area contributed by atoms with Gasteiger partial charge in [0.25, 0.3) is 0 Å². The highest BCUT2D eigenvalue weighted by Gasteiger charge is 2.31. The Morgan fingerprint density at radius 3 is 2.91 bits per heavy atom. The van der Waals surface area contributed by atoms with Gasteiger partial charge >= 0.3 is 5.97 Å². The molecule has 0 saturated carbocycles. The van der Waals surface area contributed by atoms with E-state index < -0.39 is 12.1 Å². The van der Waals surface area contributed by atoms with E-state index in [0.717, 1.165) is 29.4 Å². The number of nitrogens with zero attached hydrogens (tertiary/aromatic N) is 4. The minimum absolute atomic E-state index is 0.0351. The largest absolute Gasteiger partial charge is 0.497 e. The summed E-state index contributed by atoms with van der Waals surface area (Å²) in [5.41, 5.74) is 2.13. The Balaban J connectivity index is 1.39. The number of likely N-dealkylation sites (tertiary alicyclic amines) is 1. The Morgan fingerprint density at radius 1 is 1.26 bits per heavy atom. The second kappa shape index (κ2) is 11.7. The average molecular weight is 477 g/mol. The van der Waals surface area contributed by atoms with Gasteiger partial charge in [0.05, 0.1) is 31.6 Å². The summed E-state index contributed by atoms with van der Waals surface area (Å²) in [5.74, 6) is 6.17. The van der Waals surface area contributed by atoms with Gasteiger partial charge in [0.1, 0.15) is 11.9 Å². The fourth-order valence-corrected chi connectivity index (χ4v) is 4.82. The van der Waals surface area contributed by atoms with E-state index in [-0.39, 0.29) is 18.3 Å². The minimum Gasteiger partial charge on any atom is -0.497 e. The second-order valence-electron chi connectivity index (χ2n) is 8.90. The Hall–Kier alpha value is -3.57. The molecule has 1 aromatic carbocycles. The second-order valence-corrected chi connectivity index (χ2v) is 8.90. The lowest BCUT2D eigenvalue weighted by molar-refractivity contribution is -0.139. The third kappa shape index (κ3) is 6.52. The van der Waals surface area contributed by atoms with Gasteiger partial charge in [-0.15, -0.1) is 0 Å². The number of hydrogen-bond donors (Lipinski definition) is 1. The molecule has 3 aromatic rings. The number of halogens is 1. The maximum atomic E-state index is 15.4. The lowest BCUT2D eigenvalue weighted by atomic mass is 9.79. The number of alkyl halides is 1. The van der Waals surface area contributed by atoms with E-state index in [2.05, 4.69) is 31.9 Å². The molecule has 8 heteroatoms. The third-order valence-corrected chi connectivity index (χ3v) is 6.64. The summed E-state index contributed by atoms with van der Waals surface area (Å²) in [7, 11) is 1.58. The molecule has 35 heavy (non-hydrogen) atoms. The van der Waals surface area contributed by atoms with Crippen LogP contribution in [0.15, 0.2) is 48.9 Å². The smallest absolute Gasteiger partial charge is 0.303 e. The summed E-state index contributed by atoms with van der Waals surface area (Å²) in [5, 5.41) is 17.8. The standard InChI is InChI=1S/C27H29FN4O3/c1-35-22-5-7-26-24(16-22)23(9-11-29-26)25(28)6-4-20-10-14-32(18-21(20)15-27(33)34)13-2-3-19-8-12-30-31-17-19/h5,7-9,11-12,16-17,20-21,25H,4,6,10,13-15,18H2,1H3,(H,33,34)/t20-,21+,25-/m1/s1. The molecule has 0 unspecified atom stereocenters. The van der Waals surface area contributed by atoms with Gasteiger partial charge in [-0.25, -0.2) is 4.39 Å². The van der Waals surface area contributed by atoms with Crippen molar-refractivity contribution in [2.75, 3.05) is 26.7 Å². The number of carbonyl (C=O) groups is 1. The predicted molar refractivity (Wildman–Crippen MR) is 131 cm³/mol. The number of hydrogen-bond acceptors (Lipinski definition) is 6. The monoisotopic (exact) mass is 476 g/mol. The van der Waals surface area contributed by atoms with E-state index >= 15 is 4.39 Å². The molecule has 1 aliphatic rings.